The lowest BCUT2D eigenvalue weighted by Crippen LogP contribution is -2.41. The summed E-state index contributed by atoms with van der Waals surface area (Å²) in [7, 11) is 0. The fraction of sp³-hybridized carbons (Fsp3) is 0.611. The van der Waals surface area contributed by atoms with Gasteiger partial charge in [-0.3, -0.25) is 9.69 Å². The van der Waals surface area contributed by atoms with Gasteiger partial charge in [-0.25, -0.2) is 0 Å². The Labute approximate surface area is 153 Å². The zero-order valence-electron chi connectivity index (χ0n) is 14.0. The van der Waals surface area contributed by atoms with Gasteiger partial charge in [0.05, 0.1) is 10.0 Å². The van der Waals surface area contributed by atoms with Crippen molar-refractivity contribution in [3.8, 4) is 5.75 Å². The zero-order valence-corrected chi connectivity index (χ0v) is 15.5. The van der Waals surface area contributed by atoms with Gasteiger partial charge < -0.3 is 10.0 Å². The van der Waals surface area contributed by atoms with Crippen LogP contribution in [-0.4, -0.2) is 47.0 Å². The average Bonchev–Trinajstić information content (AvgIpc) is 3.07. The Morgan fingerprint density at radius 2 is 1.71 bits per heavy atom. The van der Waals surface area contributed by atoms with Crippen LogP contribution >= 0.6 is 23.2 Å². The van der Waals surface area contributed by atoms with Gasteiger partial charge >= 0.3 is 0 Å². The van der Waals surface area contributed by atoms with Gasteiger partial charge in [-0.05, 0) is 50.8 Å². The van der Waals surface area contributed by atoms with Gasteiger partial charge in [0.1, 0.15) is 5.75 Å². The Balaban J connectivity index is 1.88. The molecule has 132 valence electrons. The quantitative estimate of drug-likeness (QED) is 0.870. The van der Waals surface area contributed by atoms with Crippen molar-refractivity contribution in [3.63, 3.8) is 0 Å². The molecule has 1 unspecified atom stereocenters. The molecule has 2 aliphatic heterocycles. The third-order valence-electron chi connectivity index (χ3n) is 5.35. The Bertz CT molecular complexity index is 609. The maximum atomic E-state index is 11.6. The molecule has 2 heterocycles. The van der Waals surface area contributed by atoms with Crippen molar-refractivity contribution in [1.82, 2.24) is 9.80 Å². The molecule has 24 heavy (non-hydrogen) atoms. The summed E-state index contributed by atoms with van der Waals surface area (Å²) < 4.78 is 0. The van der Waals surface area contributed by atoms with Crippen molar-refractivity contribution in [2.75, 3.05) is 26.2 Å². The van der Waals surface area contributed by atoms with Crippen LogP contribution in [0.25, 0.3) is 0 Å². The fourth-order valence-corrected chi connectivity index (χ4v) is 4.42. The molecule has 0 aliphatic carbocycles. The number of likely N-dealkylation sites (tertiary alicyclic amines) is 2. The number of carbonyl (C=O) groups excluding carboxylic acids is 1. The minimum absolute atomic E-state index is 0.136. The van der Waals surface area contributed by atoms with E-state index in [4.69, 9.17) is 23.2 Å². The number of phenolic OH excluding ortho intramolecular Hbond substituents is 1. The van der Waals surface area contributed by atoms with E-state index in [0.717, 1.165) is 44.6 Å². The van der Waals surface area contributed by atoms with E-state index in [1.807, 2.05) is 11.0 Å². The van der Waals surface area contributed by atoms with Crippen LogP contribution in [0.3, 0.4) is 0 Å². The first-order chi connectivity index (χ1) is 11.5. The predicted octanol–water partition coefficient (Wildman–Crippen LogP) is 4.09. The SMILES string of the molecule is CC(=O)N1CCC(C(c2cc(Cl)c(Cl)cc2O)N2CCCC2)CC1. The van der Waals surface area contributed by atoms with Crippen LogP contribution in [0.4, 0.5) is 0 Å². The summed E-state index contributed by atoms with van der Waals surface area (Å²) in [6.45, 7) is 5.27. The molecule has 6 heteroatoms. The van der Waals surface area contributed by atoms with Crippen LogP contribution in [0.15, 0.2) is 12.1 Å². The number of hydrogen-bond acceptors (Lipinski definition) is 3. The second-order valence-electron chi connectivity index (χ2n) is 6.86. The number of hydrogen-bond donors (Lipinski definition) is 1. The highest BCUT2D eigenvalue weighted by molar-refractivity contribution is 6.42. The highest BCUT2D eigenvalue weighted by Gasteiger charge is 2.35. The van der Waals surface area contributed by atoms with Gasteiger partial charge in [0.2, 0.25) is 5.91 Å². The molecule has 2 fully saturated rings. The third kappa shape index (κ3) is 3.66. The fourth-order valence-electron chi connectivity index (χ4n) is 4.09. The molecule has 2 saturated heterocycles. The summed E-state index contributed by atoms with van der Waals surface area (Å²) in [4.78, 5) is 15.9. The van der Waals surface area contributed by atoms with Crippen molar-refractivity contribution in [2.45, 2.75) is 38.6 Å². The molecule has 0 radical (unpaired) electrons. The lowest BCUT2D eigenvalue weighted by molar-refractivity contribution is -0.130. The van der Waals surface area contributed by atoms with E-state index in [0.29, 0.717) is 16.0 Å². The number of phenols is 1. The smallest absolute Gasteiger partial charge is 0.219 e. The summed E-state index contributed by atoms with van der Waals surface area (Å²) >= 11 is 12.3. The molecule has 0 saturated carbocycles. The van der Waals surface area contributed by atoms with E-state index in [1.165, 1.54) is 12.8 Å². The van der Waals surface area contributed by atoms with Crippen LogP contribution in [0.5, 0.6) is 5.75 Å². The topological polar surface area (TPSA) is 43.8 Å². The van der Waals surface area contributed by atoms with Crippen LogP contribution < -0.4 is 0 Å². The van der Waals surface area contributed by atoms with E-state index in [-0.39, 0.29) is 17.7 Å². The van der Waals surface area contributed by atoms with Crippen molar-refractivity contribution in [3.05, 3.63) is 27.7 Å². The molecule has 0 bridgehead atoms. The summed E-state index contributed by atoms with van der Waals surface area (Å²) in [5.74, 6) is 0.765. The van der Waals surface area contributed by atoms with Crippen LogP contribution in [0, 0.1) is 5.92 Å². The summed E-state index contributed by atoms with van der Waals surface area (Å²) in [5.41, 5.74) is 0.868. The highest BCUT2D eigenvalue weighted by Crippen LogP contribution is 2.43. The van der Waals surface area contributed by atoms with Gasteiger partial charge in [-0.2, -0.15) is 0 Å². The first-order valence-electron chi connectivity index (χ1n) is 8.65. The largest absolute Gasteiger partial charge is 0.508 e. The molecule has 1 aromatic carbocycles. The number of aromatic hydroxyl groups is 1. The average molecular weight is 371 g/mol. The molecular formula is C18H24Cl2N2O2. The maximum absolute atomic E-state index is 11.6. The predicted molar refractivity (Wildman–Crippen MR) is 96.7 cm³/mol. The van der Waals surface area contributed by atoms with Gasteiger partial charge in [0.25, 0.3) is 0 Å². The molecule has 4 nitrogen and oxygen atoms in total. The number of nitrogens with zero attached hydrogens (tertiary/aromatic N) is 2. The standard InChI is InChI=1S/C18H24Cl2N2O2/c1-12(23)21-8-4-13(5-9-21)18(22-6-2-3-7-22)14-10-15(19)16(20)11-17(14)24/h10-11,13,18,24H,2-9H2,1H3. The van der Waals surface area contributed by atoms with E-state index in [2.05, 4.69) is 4.90 Å². The van der Waals surface area contributed by atoms with Crippen molar-refractivity contribution < 1.29 is 9.90 Å². The van der Waals surface area contributed by atoms with Crippen LogP contribution in [0.1, 0.15) is 44.2 Å². The minimum atomic E-state index is 0.136. The van der Waals surface area contributed by atoms with E-state index in [9.17, 15) is 9.90 Å². The zero-order chi connectivity index (χ0) is 17.3. The number of amides is 1. The molecule has 0 spiro atoms. The Morgan fingerprint density at radius 3 is 2.29 bits per heavy atom. The number of piperidine rings is 1. The summed E-state index contributed by atoms with van der Waals surface area (Å²) in [6, 6.07) is 3.50. The lowest BCUT2D eigenvalue weighted by Gasteiger charge is -2.40. The third-order valence-corrected chi connectivity index (χ3v) is 6.08. The molecule has 1 amide bonds. The Morgan fingerprint density at radius 1 is 1.12 bits per heavy atom. The van der Waals surface area contributed by atoms with E-state index < -0.39 is 0 Å². The van der Waals surface area contributed by atoms with Gasteiger partial charge in [0.15, 0.2) is 0 Å². The minimum Gasteiger partial charge on any atom is -0.508 e. The van der Waals surface area contributed by atoms with Gasteiger partial charge in [-0.1, -0.05) is 23.2 Å². The summed E-state index contributed by atoms with van der Waals surface area (Å²) in [6.07, 6.45) is 4.26. The normalized spacial score (nSPS) is 21.2. The number of rotatable bonds is 3. The highest BCUT2D eigenvalue weighted by atomic mass is 35.5. The second kappa shape index (κ2) is 7.51. The van der Waals surface area contributed by atoms with Gasteiger partial charge in [-0.15, -0.1) is 0 Å². The first kappa shape index (κ1) is 17.8. The van der Waals surface area contributed by atoms with Crippen molar-refractivity contribution in [1.29, 1.82) is 0 Å². The van der Waals surface area contributed by atoms with Crippen molar-refractivity contribution >= 4 is 29.1 Å². The molecule has 2 aliphatic rings. The van der Waals surface area contributed by atoms with Crippen LogP contribution in [-0.2, 0) is 4.79 Å². The monoisotopic (exact) mass is 370 g/mol. The molecule has 3 rings (SSSR count). The van der Waals surface area contributed by atoms with Gasteiger partial charge in [0, 0.05) is 37.7 Å². The van der Waals surface area contributed by atoms with Crippen molar-refractivity contribution in [2.24, 2.45) is 5.92 Å². The lowest BCUT2D eigenvalue weighted by atomic mass is 9.84. The molecule has 1 aromatic rings. The molecule has 1 N–H and O–H groups in total. The Hall–Kier alpha value is -0.970. The second-order valence-corrected chi connectivity index (χ2v) is 7.67. The molecule has 0 aromatic heterocycles. The number of carbonyl (C=O) groups is 1. The molecular weight excluding hydrogens is 347 g/mol. The first-order valence-corrected chi connectivity index (χ1v) is 9.40. The summed E-state index contributed by atoms with van der Waals surface area (Å²) in [5, 5.41) is 11.3. The number of halogens is 2. The maximum Gasteiger partial charge on any atom is 0.219 e. The molecule has 1 atom stereocenters. The van der Waals surface area contributed by atoms with Crippen LogP contribution in [0.2, 0.25) is 10.0 Å². The number of benzene rings is 1. The Kier molecular flexibility index (Phi) is 5.58. The van der Waals surface area contributed by atoms with E-state index >= 15 is 0 Å². The van der Waals surface area contributed by atoms with E-state index in [1.54, 1.807) is 13.0 Å².